The molecule has 3 rings (SSSR count). The first-order valence-electron chi connectivity index (χ1n) is 9.83. The molecule has 0 saturated carbocycles. The maximum atomic E-state index is 13.0. The average Bonchev–Trinajstić information content (AvgIpc) is 2.74. The Balaban J connectivity index is 1.68. The van der Waals surface area contributed by atoms with E-state index in [0.29, 0.717) is 31.7 Å². The molecule has 0 spiro atoms. The van der Waals surface area contributed by atoms with Gasteiger partial charge in [-0.2, -0.15) is 4.31 Å². The van der Waals surface area contributed by atoms with Crippen LogP contribution in [0.1, 0.15) is 24.0 Å². The van der Waals surface area contributed by atoms with Crippen molar-refractivity contribution in [3.63, 3.8) is 0 Å². The zero-order valence-corrected chi connectivity index (χ0v) is 19.3. The minimum atomic E-state index is -3.67. The van der Waals surface area contributed by atoms with Crippen molar-refractivity contribution in [1.29, 1.82) is 0 Å². The number of piperidine rings is 1. The molecule has 6 nitrogen and oxygen atoms in total. The molecular formula is C22H27ClN2O4S. The monoisotopic (exact) mass is 450 g/mol. The molecular weight excluding hydrogens is 424 g/mol. The second-order valence-corrected chi connectivity index (χ2v) is 9.99. The Morgan fingerprint density at radius 1 is 1.10 bits per heavy atom. The summed E-state index contributed by atoms with van der Waals surface area (Å²) in [6, 6.07) is 10.4. The summed E-state index contributed by atoms with van der Waals surface area (Å²) >= 11 is 6.09. The first kappa shape index (κ1) is 22.6. The lowest BCUT2D eigenvalue weighted by Crippen LogP contribution is -2.43. The molecule has 0 atom stereocenters. The van der Waals surface area contributed by atoms with E-state index in [4.69, 9.17) is 16.3 Å². The SMILES string of the molecule is COc1ccc(S(=O)(=O)N2CCC(C(=O)N(C)c3ccc(C)c(C)c3)CC2)cc1Cl. The van der Waals surface area contributed by atoms with E-state index in [2.05, 4.69) is 0 Å². The van der Waals surface area contributed by atoms with Crippen molar-refractivity contribution in [3.05, 3.63) is 52.5 Å². The fourth-order valence-electron chi connectivity index (χ4n) is 3.64. The summed E-state index contributed by atoms with van der Waals surface area (Å²) in [6.07, 6.45) is 0.967. The highest BCUT2D eigenvalue weighted by molar-refractivity contribution is 7.89. The summed E-state index contributed by atoms with van der Waals surface area (Å²) in [7, 11) is -0.422. The van der Waals surface area contributed by atoms with E-state index in [1.54, 1.807) is 18.0 Å². The fourth-order valence-corrected chi connectivity index (χ4v) is 5.45. The van der Waals surface area contributed by atoms with Gasteiger partial charge >= 0.3 is 0 Å². The number of anilines is 1. The van der Waals surface area contributed by atoms with Crippen molar-refractivity contribution in [2.24, 2.45) is 5.92 Å². The molecule has 162 valence electrons. The molecule has 1 fully saturated rings. The van der Waals surface area contributed by atoms with Crippen molar-refractivity contribution in [3.8, 4) is 5.75 Å². The number of carbonyl (C=O) groups excluding carboxylic acids is 1. The lowest BCUT2D eigenvalue weighted by Gasteiger charge is -2.32. The highest BCUT2D eigenvalue weighted by Gasteiger charge is 2.33. The number of sulfonamides is 1. The zero-order valence-electron chi connectivity index (χ0n) is 17.7. The zero-order chi connectivity index (χ0) is 22.1. The van der Waals surface area contributed by atoms with Crippen LogP contribution in [0.15, 0.2) is 41.3 Å². The molecule has 1 heterocycles. The van der Waals surface area contributed by atoms with Gasteiger partial charge in [0.05, 0.1) is 17.0 Å². The predicted octanol–water partition coefficient (Wildman–Crippen LogP) is 4.03. The summed E-state index contributed by atoms with van der Waals surface area (Å²) in [4.78, 5) is 14.8. The number of ether oxygens (including phenoxy) is 1. The number of halogens is 1. The van der Waals surface area contributed by atoms with Crippen LogP contribution in [-0.2, 0) is 14.8 Å². The normalized spacial score (nSPS) is 15.8. The standard InChI is InChI=1S/C22H27ClN2O4S/c1-15-5-6-18(13-16(15)2)24(3)22(26)17-9-11-25(12-10-17)30(27,28)19-7-8-21(29-4)20(23)14-19/h5-8,13-14,17H,9-12H2,1-4H3. The van der Waals surface area contributed by atoms with Gasteiger partial charge in [0.1, 0.15) is 5.75 Å². The molecule has 1 amide bonds. The van der Waals surface area contributed by atoms with E-state index in [0.717, 1.165) is 11.3 Å². The van der Waals surface area contributed by atoms with Gasteiger partial charge in [-0.1, -0.05) is 17.7 Å². The summed E-state index contributed by atoms with van der Waals surface area (Å²) in [5, 5.41) is 0.249. The number of methoxy groups -OCH3 is 1. The molecule has 0 bridgehead atoms. The second kappa shape index (κ2) is 8.96. The van der Waals surface area contributed by atoms with Gasteiger partial charge in [0.2, 0.25) is 15.9 Å². The van der Waals surface area contributed by atoms with E-state index < -0.39 is 10.0 Å². The first-order valence-corrected chi connectivity index (χ1v) is 11.7. The average molecular weight is 451 g/mol. The molecule has 0 aromatic heterocycles. The van der Waals surface area contributed by atoms with Crippen molar-refractivity contribution >= 4 is 33.2 Å². The lowest BCUT2D eigenvalue weighted by atomic mass is 9.96. The van der Waals surface area contributed by atoms with Gasteiger partial charge in [-0.25, -0.2) is 8.42 Å². The number of amides is 1. The van der Waals surface area contributed by atoms with E-state index in [-0.39, 0.29) is 21.7 Å². The summed E-state index contributed by atoms with van der Waals surface area (Å²) in [5.74, 6) is 0.236. The lowest BCUT2D eigenvalue weighted by molar-refractivity contribution is -0.123. The van der Waals surface area contributed by atoms with Crippen LogP contribution in [0.25, 0.3) is 0 Å². The molecule has 8 heteroatoms. The maximum absolute atomic E-state index is 13.0. The molecule has 1 saturated heterocycles. The molecule has 0 radical (unpaired) electrons. The van der Waals surface area contributed by atoms with Crippen LogP contribution in [0, 0.1) is 19.8 Å². The molecule has 0 N–H and O–H groups in total. The van der Waals surface area contributed by atoms with Gasteiger partial charge in [-0.15, -0.1) is 0 Å². The molecule has 2 aromatic rings. The third-order valence-electron chi connectivity index (χ3n) is 5.77. The Bertz CT molecular complexity index is 1050. The van der Waals surface area contributed by atoms with Crippen LogP contribution in [0.3, 0.4) is 0 Å². The smallest absolute Gasteiger partial charge is 0.243 e. The Hall–Kier alpha value is -2.09. The number of hydrogen-bond acceptors (Lipinski definition) is 4. The third kappa shape index (κ3) is 4.48. The quantitative estimate of drug-likeness (QED) is 0.689. The Labute approximate surface area is 183 Å². The van der Waals surface area contributed by atoms with Crippen LogP contribution in [0.4, 0.5) is 5.69 Å². The summed E-state index contributed by atoms with van der Waals surface area (Å²) in [6.45, 7) is 4.64. The number of rotatable bonds is 5. The van der Waals surface area contributed by atoms with Crippen molar-refractivity contribution < 1.29 is 17.9 Å². The predicted molar refractivity (Wildman–Crippen MR) is 119 cm³/mol. The van der Waals surface area contributed by atoms with E-state index >= 15 is 0 Å². The number of aryl methyl sites for hydroxylation is 2. The fraction of sp³-hybridized carbons (Fsp3) is 0.409. The van der Waals surface area contributed by atoms with E-state index in [9.17, 15) is 13.2 Å². The molecule has 0 unspecified atom stereocenters. The summed E-state index contributed by atoms with van der Waals surface area (Å²) in [5.41, 5.74) is 3.16. The van der Waals surface area contributed by atoms with Crippen LogP contribution in [0.5, 0.6) is 5.75 Å². The van der Waals surface area contributed by atoms with Gasteiger partial charge in [0.25, 0.3) is 0 Å². The number of carbonyl (C=O) groups is 1. The van der Waals surface area contributed by atoms with Crippen LogP contribution >= 0.6 is 11.6 Å². The summed E-state index contributed by atoms with van der Waals surface area (Å²) < 4.78 is 32.5. The van der Waals surface area contributed by atoms with E-state index in [1.807, 2.05) is 32.0 Å². The number of benzene rings is 2. The maximum Gasteiger partial charge on any atom is 0.243 e. The van der Waals surface area contributed by atoms with Crippen LogP contribution < -0.4 is 9.64 Å². The highest BCUT2D eigenvalue weighted by Crippen LogP contribution is 2.31. The molecule has 1 aliphatic rings. The minimum absolute atomic E-state index is 0.0165. The second-order valence-electron chi connectivity index (χ2n) is 7.64. The van der Waals surface area contributed by atoms with Crippen molar-refractivity contribution in [1.82, 2.24) is 4.31 Å². The molecule has 1 aliphatic heterocycles. The molecule has 0 aliphatic carbocycles. The minimum Gasteiger partial charge on any atom is -0.495 e. The van der Waals surface area contributed by atoms with Gasteiger partial charge < -0.3 is 9.64 Å². The number of hydrogen-bond donors (Lipinski definition) is 0. The van der Waals surface area contributed by atoms with Gasteiger partial charge in [-0.05, 0) is 68.1 Å². The largest absolute Gasteiger partial charge is 0.495 e. The highest BCUT2D eigenvalue weighted by atomic mass is 35.5. The topological polar surface area (TPSA) is 66.9 Å². The Morgan fingerprint density at radius 2 is 1.77 bits per heavy atom. The van der Waals surface area contributed by atoms with Crippen molar-refractivity contribution in [2.45, 2.75) is 31.6 Å². The van der Waals surface area contributed by atoms with Crippen LogP contribution in [0.2, 0.25) is 5.02 Å². The van der Waals surface area contributed by atoms with Crippen LogP contribution in [-0.4, -0.2) is 45.9 Å². The first-order chi connectivity index (χ1) is 14.1. The van der Waals surface area contributed by atoms with Crippen molar-refractivity contribution in [2.75, 3.05) is 32.1 Å². The third-order valence-corrected chi connectivity index (χ3v) is 7.96. The molecule has 30 heavy (non-hydrogen) atoms. The van der Waals surface area contributed by atoms with Gasteiger partial charge in [0.15, 0.2) is 0 Å². The number of nitrogens with zero attached hydrogens (tertiary/aromatic N) is 2. The molecule has 2 aromatic carbocycles. The van der Waals surface area contributed by atoms with Gasteiger partial charge in [-0.3, -0.25) is 4.79 Å². The van der Waals surface area contributed by atoms with Gasteiger partial charge in [0, 0.05) is 31.7 Å². The van der Waals surface area contributed by atoms with E-state index in [1.165, 1.54) is 29.1 Å². The Kier molecular flexibility index (Phi) is 6.75. The Morgan fingerprint density at radius 3 is 2.33 bits per heavy atom.